The van der Waals surface area contributed by atoms with E-state index in [-0.39, 0.29) is 19.0 Å². The average Bonchev–Trinajstić information content (AvgIpc) is 2.63. The van der Waals surface area contributed by atoms with Gasteiger partial charge < -0.3 is 24.3 Å². The maximum absolute atomic E-state index is 11.6. The van der Waals surface area contributed by atoms with Crippen LogP contribution in [0.3, 0.4) is 0 Å². The van der Waals surface area contributed by atoms with Gasteiger partial charge in [-0.1, -0.05) is 0 Å². The van der Waals surface area contributed by atoms with Crippen molar-refractivity contribution in [2.24, 2.45) is 0 Å². The number of nitrogens with one attached hydrogen (secondary N) is 1. The van der Waals surface area contributed by atoms with Crippen LogP contribution in [0.2, 0.25) is 0 Å². The summed E-state index contributed by atoms with van der Waals surface area (Å²) in [6.07, 6.45) is 0.684. The predicted molar refractivity (Wildman–Crippen MR) is 92.9 cm³/mol. The lowest BCUT2D eigenvalue weighted by molar-refractivity contribution is -0.150. The summed E-state index contributed by atoms with van der Waals surface area (Å²) in [4.78, 5) is 34.2. The molecule has 1 aromatic rings. The van der Waals surface area contributed by atoms with E-state index >= 15 is 0 Å². The molecule has 1 aromatic carbocycles. The molecule has 0 saturated carbocycles. The van der Waals surface area contributed by atoms with Gasteiger partial charge in [-0.2, -0.15) is 0 Å². The van der Waals surface area contributed by atoms with Crippen LogP contribution in [0.25, 0.3) is 0 Å². The van der Waals surface area contributed by atoms with Crippen LogP contribution in [0, 0.1) is 0 Å². The lowest BCUT2D eigenvalue weighted by Crippen LogP contribution is -2.30. The van der Waals surface area contributed by atoms with Gasteiger partial charge in [0.05, 0.1) is 13.2 Å². The van der Waals surface area contributed by atoms with Crippen molar-refractivity contribution >= 4 is 17.8 Å². The Morgan fingerprint density at radius 2 is 1.50 bits per heavy atom. The number of ether oxygens (including phenoxy) is 4. The zero-order chi connectivity index (χ0) is 19.2. The molecule has 0 heterocycles. The van der Waals surface area contributed by atoms with E-state index in [0.717, 1.165) is 0 Å². The third-order valence-electron chi connectivity index (χ3n) is 3.04. The quantitative estimate of drug-likeness (QED) is 0.441. The molecule has 0 fully saturated rings. The zero-order valence-corrected chi connectivity index (χ0v) is 15.1. The number of hydrogen-bond acceptors (Lipinski definition) is 7. The average molecular weight is 367 g/mol. The maximum Gasteiger partial charge on any atom is 0.344 e. The number of hydrogen-bond donors (Lipinski definition) is 1. The summed E-state index contributed by atoms with van der Waals surface area (Å²) in [5, 5.41) is 2.55. The van der Waals surface area contributed by atoms with Crippen molar-refractivity contribution in [1.82, 2.24) is 5.32 Å². The van der Waals surface area contributed by atoms with Gasteiger partial charge in [-0.3, -0.25) is 9.59 Å². The Bertz CT molecular complexity index is 571. The Labute approximate surface area is 152 Å². The Morgan fingerprint density at radius 3 is 2.12 bits per heavy atom. The van der Waals surface area contributed by atoms with Crippen LogP contribution in [0.15, 0.2) is 24.3 Å². The molecular weight excluding hydrogens is 342 g/mol. The lowest BCUT2D eigenvalue weighted by Gasteiger charge is -2.08. The molecule has 0 bridgehead atoms. The minimum Gasteiger partial charge on any atom is -0.494 e. The first-order valence-electron chi connectivity index (χ1n) is 8.48. The summed E-state index contributed by atoms with van der Waals surface area (Å²) in [5.41, 5.74) is 0. The molecule has 8 heteroatoms. The number of rotatable bonds is 12. The number of carbonyl (C=O) groups is 3. The summed E-state index contributed by atoms with van der Waals surface area (Å²) < 4.78 is 20.1. The summed E-state index contributed by atoms with van der Waals surface area (Å²) in [5.74, 6) is -0.195. The van der Waals surface area contributed by atoms with Gasteiger partial charge in [0, 0.05) is 13.0 Å². The van der Waals surface area contributed by atoms with Crippen molar-refractivity contribution in [2.45, 2.75) is 26.7 Å². The van der Waals surface area contributed by atoms with E-state index in [2.05, 4.69) is 5.32 Å². The monoisotopic (exact) mass is 367 g/mol. The second kappa shape index (κ2) is 12.6. The molecule has 0 aliphatic carbocycles. The maximum atomic E-state index is 11.6. The second-order valence-electron chi connectivity index (χ2n) is 5.11. The predicted octanol–water partition coefficient (Wildman–Crippen LogP) is 1.47. The normalized spacial score (nSPS) is 9.92. The van der Waals surface area contributed by atoms with E-state index in [1.165, 1.54) is 0 Å². The van der Waals surface area contributed by atoms with E-state index in [1.807, 2.05) is 6.92 Å². The first-order chi connectivity index (χ1) is 12.5. The first kappa shape index (κ1) is 21.3. The minimum absolute atomic E-state index is 0.226. The molecule has 26 heavy (non-hydrogen) atoms. The molecule has 1 N–H and O–H groups in total. The van der Waals surface area contributed by atoms with Crippen molar-refractivity contribution in [3.05, 3.63) is 24.3 Å². The van der Waals surface area contributed by atoms with Crippen LogP contribution in [-0.2, 0) is 23.9 Å². The minimum atomic E-state index is -0.652. The summed E-state index contributed by atoms with van der Waals surface area (Å²) in [6.45, 7) is 4.12. The highest BCUT2D eigenvalue weighted by Gasteiger charge is 2.09. The Kier molecular flexibility index (Phi) is 10.3. The fraction of sp³-hybridized carbons (Fsp3) is 0.500. The van der Waals surface area contributed by atoms with Crippen molar-refractivity contribution in [1.29, 1.82) is 0 Å². The highest BCUT2D eigenvalue weighted by molar-refractivity contribution is 5.80. The SMILES string of the molecule is CCOC(=O)CCCNC(=O)COC(=O)COc1ccc(OCC)cc1. The van der Waals surface area contributed by atoms with Crippen molar-refractivity contribution < 1.29 is 33.3 Å². The zero-order valence-electron chi connectivity index (χ0n) is 15.1. The molecule has 0 saturated heterocycles. The van der Waals surface area contributed by atoms with Gasteiger partial charge in [0.2, 0.25) is 0 Å². The van der Waals surface area contributed by atoms with Gasteiger partial charge in [-0.05, 0) is 44.5 Å². The van der Waals surface area contributed by atoms with Crippen LogP contribution in [0.5, 0.6) is 11.5 Å². The third-order valence-corrected chi connectivity index (χ3v) is 3.04. The number of benzene rings is 1. The van der Waals surface area contributed by atoms with Crippen LogP contribution < -0.4 is 14.8 Å². The van der Waals surface area contributed by atoms with Crippen LogP contribution in [0.1, 0.15) is 26.7 Å². The standard InChI is InChI=1S/C18H25NO7/c1-3-23-14-7-9-15(10-8-14)25-13-18(22)26-12-16(20)19-11-5-6-17(21)24-4-2/h7-10H,3-6,11-13H2,1-2H3,(H,19,20). The Hall–Kier alpha value is -2.77. The number of carbonyl (C=O) groups excluding carboxylic acids is 3. The van der Waals surface area contributed by atoms with E-state index in [0.29, 0.717) is 37.7 Å². The molecular formula is C18H25NO7. The summed E-state index contributed by atoms with van der Waals surface area (Å²) in [6, 6.07) is 6.81. The molecule has 0 radical (unpaired) electrons. The van der Waals surface area contributed by atoms with E-state index < -0.39 is 18.5 Å². The fourth-order valence-electron chi connectivity index (χ4n) is 1.87. The second-order valence-corrected chi connectivity index (χ2v) is 5.11. The van der Waals surface area contributed by atoms with Gasteiger partial charge in [-0.15, -0.1) is 0 Å². The molecule has 144 valence electrons. The molecule has 0 aliphatic heterocycles. The number of amides is 1. The van der Waals surface area contributed by atoms with Gasteiger partial charge in [0.1, 0.15) is 11.5 Å². The molecule has 1 rings (SSSR count). The highest BCUT2D eigenvalue weighted by atomic mass is 16.6. The number of esters is 2. The van der Waals surface area contributed by atoms with E-state index in [4.69, 9.17) is 18.9 Å². The van der Waals surface area contributed by atoms with Crippen LogP contribution >= 0.6 is 0 Å². The molecule has 0 aromatic heterocycles. The summed E-state index contributed by atoms with van der Waals surface area (Å²) >= 11 is 0. The lowest BCUT2D eigenvalue weighted by atomic mass is 10.3. The van der Waals surface area contributed by atoms with Crippen molar-refractivity contribution in [2.75, 3.05) is 33.0 Å². The van der Waals surface area contributed by atoms with Gasteiger partial charge in [-0.25, -0.2) is 4.79 Å². The first-order valence-corrected chi connectivity index (χ1v) is 8.48. The van der Waals surface area contributed by atoms with Crippen molar-refractivity contribution in [3.8, 4) is 11.5 Å². The molecule has 1 amide bonds. The van der Waals surface area contributed by atoms with Crippen LogP contribution in [-0.4, -0.2) is 50.8 Å². The fourth-order valence-corrected chi connectivity index (χ4v) is 1.87. The van der Waals surface area contributed by atoms with Gasteiger partial charge in [0.15, 0.2) is 13.2 Å². The molecule has 0 spiro atoms. The highest BCUT2D eigenvalue weighted by Crippen LogP contribution is 2.17. The van der Waals surface area contributed by atoms with Gasteiger partial charge >= 0.3 is 11.9 Å². The van der Waals surface area contributed by atoms with E-state index in [1.54, 1.807) is 31.2 Å². The Morgan fingerprint density at radius 1 is 0.846 bits per heavy atom. The molecule has 8 nitrogen and oxygen atoms in total. The third kappa shape index (κ3) is 9.51. The van der Waals surface area contributed by atoms with Crippen LogP contribution in [0.4, 0.5) is 0 Å². The largest absolute Gasteiger partial charge is 0.494 e. The van der Waals surface area contributed by atoms with E-state index in [9.17, 15) is 14.4 Å². The topological polar surface area (TPSA) is 100 Å². The Balaban J connectivity index is 2.13. The summed E-state index contributed by atoms with van der Waals surface area (Å²) in [7, 11) is 0. The van der Waals surface area contributed by atoms with Gasteiger partial charge in [0.25, 0.3) is 5.91 Å². The molecule has 0 atom stereocenters. The smallest absolute Gasteiger partial charge is 0.344 e. The molecule has 0 unspecified atom stereocenters. The molecule has 0 aliphatic rings. The van der Waals surface area contributed by atoms with Crippen molar-refractivity contribution in [3.63, 3.8) is 0 Å².